The largest absolute Gasteiger partial charge is 0.511 e. The van der Waals surface area contributed by atoms with E-state index < -0.39 is 37.7 Å². The Labute approximate surface area is 219 Å². The van der Waals surface area contributed by atoms with Gasteiger partial charge in [-0.05, 0) is 30.5 Å². The van der Waals surface area contributed by atoms with Gasteiger partial charge in [0.05, 0.1) is 11.3 Å². The van der Waals surface area contributed by atoms with Crippen LogP contribution in [0, 0.1) is 17.7 Å². The minimum atomic E-state index is -4.24. The molecule has 3 heterocycles. The highest BCUT2D eigenvalue weighted by Crippen LogP contribution is 2.43. The highest BCUT2D eigenvalue weighted by atomic mass is 32.2. The molecule has 14 heteroatoms. The molecule has 1 saturated carbocycles. The van der Waals surface area contributed by atoms with Crippen molar-refractivity contribution in [1.82, 2.24) is 14.9 Å². The first kappa shape index (κ1) is 26.2. The van der Waals surface area contributed by atoms with Gasteiger partial charge in [0.15, 0.2) is 5.84 Å². The molecule has 0 radical (unpaired) electrons. The van der Waals surface area contributed by atoms with E-state index in [-0.39, 0.29) is 52.2 Å². The first-order valence-electron chi connectivity index (χ1n) is 11.9. The second-order valence-electron chi connectivity index (χ2n) is 9.64. The summed E-state index contributed by atoms with van der Waals surface area (Å²) in [4.78, 5) is 15.4. The molecule has 1 aromatic carbocycles. The minimum Gasteiger partial charge on any atom is -0.511 e. The second-order valence-corrected chi connectivity index (χ2v) is 14.1. The van der Waals surface area contributed by atoms with Gasteiger partial charge in [0.1, 0.15) is 22.1 Å². The van der Waals surface area contributed by atoms with Gasteiger partial charge >= 0.3 is 0 Å². The van der Waals surface area contributed by atoms with E-state index in [0.29, 0.717) is 24.2 Å². The predicted octanol–water partition coefficient (Wildman–Crippen LogP) is 1.95. The van der Waals surface area contributed by atoms with E-state index in [9.17, 15) is 31.1 Å². The molecule has 200 valence electrons. The van der Waals surface area contributed by atoms with E-state index in [1.807, 2.05) is 0 Å². The van der Waals surface area contributed by atoms with Crippen LogP contribution in [0.5, 0.6) is 0 Å². The lowest BCUT2D eigenvalue weighted by Gasteiger charge is -2.44. The van der Waals surface area contributed by atoms with Crippen LogP contribution in [0.1, 0.15) is 31.2 Å². The minimum absolute atomic E-state index is 0.0283. The van der Waals surface area contributed by atoms with E-state index in [1.165, 1.54) is 23.9 Å². The van der Waals surface area contributed by atoms with Gasteiger partial charge < -0.3 is 15.3 Å². The van der Waals surface area contributed by atoms with Crippen LogP contribution in [-0.2, 0) is 31.4 Å². The molecule has 4 aliphatic rings. The summed E-state index contributed by atoms with van der Waals surface area (Å²) in [5.74, 6) is -2.03. The Kier molecular flexibility index (Phi) is 6.88. The standard InChI is InChI=1S/C23H27FN4O6S3/c1-36(31,32)25-10-14-12-35-22-20(14)37(33,34)27-21(26-22)18-19(29)16-4-2-3-5-17(16)28(23(18)30)11-13-6-8-15(24)9-7-13/h6-9,14,16-17,25,29H,2-5,10-12H2,1H3,(H,26,27). The SMILES string of the molecule is CS(=O)(=O)NCC1CSC2=C1S(=O)(=O)N=C(C1=C(O)C3CCCCC3N(Cc3ccc(F)cc3)C1=O)N2. The number of thioether (sulfide) groups is 1. The Bertz CT molecular complexity index is 1440. The lowest BCUT2D eigenvalue weighted by atomic mass is 9.78. The summed E-state index contributed by atoms with van der Waals surface area (Å²) in [7, 11) is -7.76. The number of aliphatic hydroxyl groups is 1. The quantitative estimate of drug-likeness (QED) is 0.471. The van der Waals surface area contributed by atoms with Crippen molar-refractivity contribution < 1.29 is 31.1 Å². The molecular weight excluding hydrogens is 543 g/mol. The van der Waals surface area contributed by atoms with Gasteiger partial charge in [-0.25, -0.2) is 17.5 Å². The summed E-state index contributed by atoms with van der Waals surface area (Å²) in [6.07, 6.45) is 4.06. The number of benzene rings is 1. The Balaban J connectivity index is 1.48. The Morgan fingerprint density at radius 2 is 1.95 bits per heavy atom. The number of halogens is 1. The highest BCUT2D eigenvalue weighted by molar-refractivity contribution is 8.05. The monoisotopic (exact) mass is 570 g/mol. The van der Waals surface area contributed by atoms with Crippen molar-refractivity contribution in [2.24, 2.45) is 16.2 Å². The molecule has 3 unspecified atom stereocenters. The van der Waals surface area contributed by atoms with Crippen molar-refractivity contribution in [3.63, 3.8) is 0 Å². The maximum absolute atomic E-state index is 13.8. The number of nitrogens with one attached hydrogen (secondary N) is 2. The summed E-state index contributed by atoms with van der Waals surface area (Å²) in [5.41, 5.74) is 0.530. The molecule has 3 atom stereocenters. The molecule has 0 aromatic heterocycles. The number of hydrogen-bond donors (Lipinski definition) is 3. The molecule has 3 N–H and O–H groups in total. The number of sulfonamides is 2. The molecule has 1 amide bonds. The number of amidine groups is 1. The van der Waals surface area contributed by atoms with Gasteiger partial charge in [-0.15, -0.1) is 16.2 Å². The summed E-state index contributed by atoms with van der Waals surface area (Å²) in [6, 6.07) is 5.55. The summed E-state index contributed by atoms with van der Waals surface area (Å²) in [5, 5.41) is 14.4. The Morgan fingerprint density at radius 1 is 1.24 bits per heavy atom. The molecule has 10 nitrogen and oxygen atoms in total. The van der Waals surface area contributed by atoms with Crippen LogP contribution in [0.25, 0.3) is 0 Å². The number of hydrogen-bond acceptors (Lipinski definition) is 8. The van der Waals surface area contributed by atoms with Crippen molar-refractivity contribution in [2.75, 3.05) is 18.6 Å². The van der Waals surface area contributed by atoms with Crippen LogP contribution >= 0.6 is 11.8 Å². The van der Waals surface area contributed by atoms with E-state index in [4.69, 9.17) is 0 Å². The molecule has 0 bridgehead atoms. The fraction of sp³-hybridized carbons (Fsp3) is 0.478. The van der Waals surface area contributed by atoms with Gasteiger partial charge in [-0.2, -0.15) is 8.42 Å². The maximum Gasteiger partial charge on any atom is 0.283 e. The third-order valence-electron chi connectivity index (χ3n) is 7.05. The molecule has 0 saturated heterocycles. The van der Waals surface area contributed by atoms with Gasteiger partial charge in [-0.3, -0.25) is 4.79 Å². The second kappa shape index (κ2) is 9.71. The van der Waals surface area contributed by atoms with Crippen LogP contribution in [-0.4, -0.2) is 63.2 Å². The number of carbonyl (C=O) groups is 1. The number of rotatable bonds is 6. The van der Waals surface area contributed by atoms with E-state index in [2.05, 4.69) is 14.4 Å². The Morgan fingerprint density at radius 3 is 2.65 bits per heavy atom. The first-order chi connectivity index (χ1) is 17.4. The molecule has 0 spiro atoms. The van der Waals surface area contributed by atoms with Crippen LogP contribution in [0.15, 0.2) is 49.9 Å². The lowest BCUT2D eigenvalue weighted by Crippen LogP contribution is -2.53. The molecule has 3 aliphatic heterocycles. The Hall–Kier alpha value is -2.42. The fourth-order valence-electron chi connectivity index (χ4n) is 5.34. The van der Waals surface area contributed by atoms with Gasteiger partial charge in [-0.1, -0.05) is 25.0 Å². The zero-order valence-electron chi connectivity index (χ0n) is 20.0. The van der Waals surface area contributed by atoms with Crippen LogP contribution in [0.3, 0.4) is 0 Å². The third kappa shape index (κ3) is 5.16. The van der Waals surface area contributed by atoms with Crippen LogP contribution < -0.4 is 10.0 Å². The normalized spacial score (nSPS) is 27.5. The van der Waals surface area contributed by atoms with Gasteiger partial charge in [0.2, 0.25) is 10.0 Å². The number of aliphatic hydroxyl groups excluding tert-OH is 1. The fourth-order valence-corrected chi connectivity index (χ4v) is 8.92. The molecule has 1 aliphatic carbocycles. The lowest BCUT2D eigenvalue weighted by molar-refractivity contribution is -0.133. The van der Waals surface area contributed by atoms with Crippen molar-refractivity contribution in [3.05, 3.63) is 56.9 Å². The number of fused-ring (bicyclic) bond motifs is 1. The summed E-state index contributed by atoms with van der Waals surface area (Å²) < 4.78 is 69.1. The van der Waals surface area contributed by atoms with Crippen molar-refractivity contribution in [1.29, 1.82) is 0 Å². The van der Waals surface area contributed by atoms with E-state index in [0.717, 1.165) is 19.1 Å². The number of amides is 1. The van der Waals surface area contributed by atoms with Gasteiger partial charge in [0.25, 0.3) is 15.9 Å². The third-order valence-corrected chi connectivity index (χ3v) is 10.6. The summed E-state index contributed by atoms with van der Waals surface area (Å²) >= 11 is 1.19. The molecular formula is C23H27FN4O6S3. The molecule has 1 fully saturated rings. The zero-order valence-corrected chi connectivity index (χ0v) is 22.4. The molecule has 37 heavy (non-hydrogen) atoms. The average Bonchev–Trinajstić information content (AvgIpc) is 3.25. The zero-order chi connectivity index (χ0) is 26.5. The predicted molar refractivity (Wildman–Crippen MR) is 138 cm³/mol. The van der Waals surface area contributed by atoms with E-state index in [1.54, 1.807) is 17.0 Å². The van der Waals surface area contributed by atoms with Crippen LogP contribution in [0.4, 0.5) is 4.39 Å². The van der Waals surface area contributed by atoms with Crippen molar-refractivity contribution in [3.8, 4) is 0 Å². The first-order valence-corrected chi connectivity index (χ1v) is 16.2. The molecule has 5 rings (SSSR count). The molecule has 1 aromatic rings. The average molecular weight is 571 g/mol. The van der Waals surface area contributed by atoms with Crippen molar-refractivity contribution in [2.45, 2.75) is 38.3 Å². The van der Waals surface area contributed by atoms with E-state index >= 15 is 0 Å². The number of carbonyl (C=O) groups excluding carboxylic acids is 1. The number of nitrogens with zero attached hydrogens (tertiary/aromatic N) is 2. The van der Waals surface area contributed by atoms with Gasteiger partial charge in [0, 0.05) is 36.7 Å². The van der Waals surface area contributed by atoms with Crippen LogP contribution in [0.2, 0.25) is 0 Å². The topological polar surface area (TPSA) is 145 Å². The van der Waals surface area contributed by atoms with Crippen molar-refractivity contribution >= 4 is 43.6 Å². The maximum atomic E-state index is 13.8. The summed E-state index contributed by atoms with van der Waals surface area (Å²) in [6.45, 7) is 0.0809. The smallest absolute Gasteiger partial charge is 0.283 e. The highest BCUT2D eigenvalue weighted by Gasteiger charge is 2.47.